The number of benzene rings is 2. The number of rotatable bonds is 5. The van der Waals surface area contributed by atoms with Crippen molar-refractivity contribution in [2.75, 3.05) is 12.9 Å². The van der Waals surface area contributed by atoms with Gasteiger partial charge in [0.15, 0.2) is 0 Å². The van der Waals surface area contributed by atoms with Crippen molar-refractivity contribution < 1.29 is 12.6 Å². The van der Waals surface area contributed by atoms with Crippen LogP contribution in [0, 0.1) is 11.3 Å². The molecule has 0 spiro atoms. The minimum atomic E-state index is -3.53. The fraction of sp³-hybridized carbons (Fsp3) is 0.167. The first kappa shape index (κ1) is 16.2. The predicted molar refractivity (Wildman–Crippen MR) is 92.1 cm³/mol. The van der Waals surface area contributed by atoms with E-state index in [0.29, 0.717) is 5.69 Å². The number of nitrogens with zero attached hydrogens (tertiary/aromatic N) is 1. The maximum absolute atomic E-state index is 11.4. The number of aromatic nitrogens is 1. The molecule has 0 aliphatic rings. The largest absolute Gasteiger partial charge is 0.346 e. The Morgan fingerprint density at radius 3 is 2.54 bits per heavy atom. The van der Waals surface area contributed by atoms with Crippen LogP contribution in [0.25, 0.3) is 10.9 Å². The van der Waals surface area contributed by atoms with Gasteiger partial charge in [-0.15, -0.1) is 0 Å². The van der Waals surface area contributed by atoms with Crippen molar-refractivity contribution in [1.29, 1.82) is 5.26 Å². The maximum Gasteiger partial charge on any atom is 0.264 e. The maximum atomic E-state index is 11.4. The first-order chi connectivity index (χ1) is 11.5. The molecule has 1 atom stereocenters. The van der Waals surface area contributed by atoms with Crippen LogP contribution < -0.4 is 0 Å². The summed E-state index contributed by atoms with van der Waals surface area (Å²) >= 11 is 0. The average molecular weight is 340 g/mol. The summed E-state index contributed by atoms with van der Waals surface area (Å²) in [4.78, 5) is 3.02. The van der Waals surface area contributed by atoms with E-state index in [1.165, 1.54) is 0 Å². The molecule has 3 aromatic rings. The summed E-state index contributed by atoms with van der Waals surface area (Å²) in [6.07, 6.45) is 1.05. The predicted octanol–water partition coefficient (Wildman–Crippen LogP) is 3.15. The van der Waals surface area contributed by atoms with E-state index in [2.05, 4.69) is 11.1 Å². The fourth-order valence-corrected chi connectivity index (χ4v) is 3.07. The molecular weight excluding hydrogens is 324 g/mol. The Morgan fingerprint density at radius 2 is 1.88 bits per heavy atom. The van der Waals surface area contributed by atoms with E-state index < -0.39 is 10.1 Å². The number of hydrogen-bond donors (Lipinski definition) is 1. The molecule has 0 bridgehead atoms. The second-order valence-corrected chi connectivity index (χ2v) is 7.24. The van der Waals surface area contributed by atoms with Gasteiger partial charge in [0.05, 0.1) is 12.9 Å². The van der Waals surface area contributed by atoms with E-state index >= 15 is 0 Å². The molecule has 6 heteroatoms. The van der Waals surface area contributed by atoms with Crippen LogP contribution in [0.1, 0.15) is 22.7 Å². The molecule has 1 heterocycles. The summed E-state index contributed by atoms with van der Waals surface area (Å²) in [6, 6.07) is 19.2. The molecule has 2 aromatic carbocycles. The van der Waals surface area contributed by atoms with E-state index in [9.17, 15) is 8.42 Å². The Hall–Kier alpha value is -2.62. The first-order valence-corrected chi connectivity index (χ1v) is 9.20. The van der Waals surface area contributed by atoms with Crippen LogP contribution in [-0.4, -0.2) is 26.3 Å². The normalized spacial score (nSPS) is 12.8. The third-order valence-electron chi connectivity index (χ3n) is 3.82. The van der Waals surface area contributed by atoms with E-state index in [-0.39, 0.29) is 12.5 Å². The summed E-state index contributed by atoms with van der Waals surface area (Å²) in [6.45, 7) is 0.0316. The molecule has 5 nitrogen and oxygen atoms in total. The van der Waals surface area contributed by atoms with E-state index in [0.717, 1.165) is 28.3 Å². The average Bonchev–Trinajstić information content (AvgIpc) is 2.97. The van der Waals surface area contributed by atoms with Crippen molar-refractivity contribution in [3.63, 3.8) is 0 Å². The molecular formula is C18H16N2O3S. The van der Waals surface area contributed by atoms with Gasteiger partial charge in [0.1, 0.15) is 11.8 Å². The van der Waals surface area contributed by atoms with Gasteiger partial charge in [0, 0.05) is 16.8 Å². The molecule has 1 aromatic heterocycles. The Labute approximate surface area is 140 Å². The monoisotopic (exact) mass is 340 g/mol. The van der Waals surface area contributed by atoms with Gasteiger partial charge >= 0.3 is 0 Å². The molecule has 0 amide bonds. The van der Waals surface area contributed by atoms with Crippen LogP contribution in [0.3, 0.4) is 0 Å². The molecule has 1 N–H and O–H groups in total. The zero-order chi connectivity index (χ0) is 17.2. The summed E-state index contributed by atoms with van der Waals surface area (Å²) in [5.74, 6) is -0.217. The third-order valence-corrected chi connectivity index (χ3v) is 4.38. The first-order valence-electron chi connectivity index (χ1n) is 7.38. The number of fused-ring (bicyclic) bond motifs is 1. The lowest BCUT2D eigenvalue weighted by Crippen LogP contribution is -2.13. The standard InChI is InChI=1S/C18H16N2O3S/c1-24(21,22)23-12-17(13-5-3-2-4-6-13)14-7-8-18-15(9-14)10-16(11-19)20-18/h2-10,17,20H,12H2,1H3. The molecule has 0 radical (unpaired) electrons. The van der Waals surface area contributed by atoms with Gasteiger partial charge in [-0.1, -0.05) is 36.4 Å². The van der Waals surface area contributed by atoms with Crippen LogP contribution in [0.15, 0.2) is 54.6 Å². The summed E-state index contributed by atoms with van der Waals surface area (Å²) < 4.78 is 27.8. The van der Waals surface area contributed by atoms with Crippen molar-refractivity contribution in [2.24, 2.45) is 0 Å². The molecule has 0 saturated heterocycles. The van der Waals surface area contributed by atoms with E-state index in [1.54, 1.807) is 6.07 Å². The highest BCUT2D eigenvalue weighted by atomic mass is 32.2. The van der Waals surface area contributed by atoms with Crippen molar-refractivity contribution in [1.82, 2.24) is 4.98 Å². The second-order valence-electron chi connectivity index (χ2n) is 5.59. The lowest BCUT2D eigenvalue weighted by atomic mass is 9.91. The van der Waals surface area contributed by atoms with Gasteiger partial charge in [-0.3, -0.25) is 4.18 Å². The van der Waals surface area contributed by atoms with Crippen molar-refractivity contribution in [3.05, 3.63) is 71.4 Å². The van der Waals surface area contributed by atoms with Crippen molar-refractivity contribution in [2.45, 2.75) is 5.92 Å². The highest BCUT2D eigenvalue weighted by Gasteiger charge is 2.18. The molecule has 0 fully saturated rings. The number of H-pyrrole nitrogens is 1. The molecule has 0 aliphatic carbocycles. The fourth-order valence-electron chi connectivity index (χ4n) is 2.69. The smallest absolute Gasteiger partial charge is 0.264 e. The summed E-state index contributed by atoms with van der Waals surface area (Å²) in [5, 5.41) is 9.91. The Balaban J connectivity index is 2.02. The minimum Gasteiger partial charge on any atom is -0.346 e. The van der Waals surface area contributed by atoms with Crippen molar-refractivity contribution in [3.8, 4) is 6.07 Å². The van der Waals surface area contributed by atoms with Gasteiger partial charge in [-0.05, 0) is 29.3 Å². The van der Waals surface area contributed by atoms with E-state index in [4.69, 9.17) is 9.44 Å². The molecule has 24 heavy (non-hydrogen) atoms. The third kappa shape index (κ3) is 3.65. The van der Waals surface area contributed by atoms with E-state index in [1.807, 2.05) is 48.5 Å². The van der Waals surface area contributed by atoms with Crippen molar-refractivity contribution >= 4 is 21.0 Å². The zero-order valence-corrected chi connectivity index (χ0v) is 13.9. The van der Waals surface area contributed by atoms with Gasteiger partial charge in [-0.2, -0.15) is 13.7 Å². The number of nitriles is 1. The van der Waals surface area contributed by atoms with Crippen LogP contribution >= 0.6 is 0 Å². The Morgan fingerprint density at radius 1 is 1.12 bits per heavy atom. The number of aromatic amines is 1. The van der Waals surface area contributed by atoms with Gasteiger partial charge in [-0.25, -0.2) is 0 Å². The zero-order valence-electron chi connectivity index (χ0n) is 13.1. The lowest BCUT2D eigenvalue weighted by molar-refractivity contribution is 0.309. The Bertz CT molecular complexity index is 1000. The molecule has 122 valence electrons. The van der Waals surface area contributed by atoms with Gasteiger partial charge in [0.25, 0.3) is 10.1 Å². The second kappa shape index (κ2) is 6.48. The SMILES string of the molecule is CS(=O)(=O)OCC(c1ccccc1)c1ccc2[nH]c(C#N)cc2c1. The van der Waals surface area contributed by atoms with Crippen LogP contribution in [0.4, 0.5) is 0 Å². The topological polar surface area (TPSA) is 83.0 Å². The molecule has 3 rings (SSSR count). The Kier molecular flexibility index (Phi) is 4.38. The minimum absolute atomic E-state index is 0.0316. The molecule has 0 aliphatic heterocycles. The quantitative estimate of drug-likeness (QED) is 0.723. The number of hydrogen-bond acceptors (Lipinski definition) is 4. The van der Waals surface area contributed by atoms with Crippen LogP contribution in [-0.2, 0) is 14.3 Å². The van der Waals surface area contributed by atoms with Crippen LogP contribution in [0.5, 0.6) is 0 Å². The molecule has 1 unspecified atom stereocenters. The lowest BCUT2D eigenvalue weighted by Gasteiger charge is -2.17. The highest BCUT2D eigenvalue weighted by molar-refractivity contribution is 7.85. The van der Waals surface area contributed by atoms with Gasteiger partial charge < -0.3 is 4.98 Å². The summed E-state index contributed by atoms with van der Waals surface area (Å²) in [7, 11) is -3.53. The number of nitrogens with one attached hydrogen (secondary N) is 1. The van der Waals surface area contributed by atoms with Gasteiger partial charge in [0.2, 0.25) is 0 Å². The molecule has 0 saturated carbocycles. The summed E-state index contributed by atoms with van der Waals surface area (Å²) in [5.41, 5.74) is 3.26. The highest BCUT2D eigenvalue weighted by Crippen LogP contribution is 2.28. The van der Waals surface area contributed by atoms with Crippen LogP contribution in [0.2, 0.25) is 0 Å².